The van der Waals surface area contributed by atoms with Crippen molar-refractivity contribution in [2.24, 2.45) is 7.05 Å². The second kappa shape index (κ2) is 8.74. The van der Waals surface area contributed by atoms with Gasteiger partial charge in [-0.2, -0.15) is 5.10 Å². The molecule has 10 nitrogen and oxygen atoms in total. The van der Waals surface area contributed by atoms with E-state index in [9.17, 15) is 9.59 Å². The third kappa shape index (κ3) is 3.86. The summed E-state index contributed by atoms with van der Waals surface area (Å²) in [5.41, 5.74) is 5.90. The third-order valence-corrected chi connectivity index (χ3v) is 6.89. The molecule has 1 aliphatic heterocycles. The van der Waals surface area contributed by atoms with Gasteiger partial charge in [-0.15, -0.1) is 10.2 Å². The zero-order chi connectivity index (χ0) is 25.7. The molecule has 5 aromatic rings. The van der Waals surface area contributed by atoms with Gasteiger partial charge in [0.15, 0.2) is 0 Å². The molecular weight excluding hydrogens is 468 g/mol. The average Bonchev–Trinajstić information content (AvgIpc) is 3.59. The van der Waals surface area contributed by atoms with Gasteiger partial charge < -0.3 is 19.8 Å². The Bertz CT molecular complexity index is 1630. The second-order valence-corrected chi connectivity index (χ2v) is 9.37. The topological polar surface area (TPSA) is 114 Å². The fraction of sp³-hybridized carbons (Fsp3) is 0.222. The average molecular weight is 495 g/mol. The predicted octanol–water partition coefficient (Wildman–Crippen LogP) is 2.83. The van der Waals surface area contributed by atoms with Crippen LogP contribution in [0.4, 0.5) is 5.69 Å². The van der Waals surface area contributed by atoms with Crippen molar-refractivity contribution in [1.29, 1.82) is 0 Å². The molecule has 0 aliphatic carbocycles. The lowest BCUT2D eigenvalue weighted by Crippen LogP contribution is -2.48. The van der Waals surface area contributed by atoms with Crippen LogP contribution >= 0.6 is 0 Å². The maximum atomic E-state index is 13.4. The summed E-state index contributed by atoms with van der Waals surface area (Å²) in [6.07, 6.45) is 4.41. The number of aryl methyl sites for hydroxylation is 2. The maximum Gasteiger partial charge on any atom is 0.289 e. The van der Waals surface area contributed by atoms with Crippen molar-refractivity contribution in [3.8, 4) is 11.3 Å². The highest BCUT2D eigenvalue weighted by Crippen LogP contribution is 2.38. The van der Waals surface area contributed by atoms with Gasteiger partial charge in [0.05, 0.1) is 29.6 Å². The first-order valence-electron chi connectivity index (χ1n) is 12.1. The van der Waals surface area contributed by atoms with Crippen molar-refractivity contribution in [3.05, 3.63) is 83.7 Å². The molecule has 10 heteroatoms. The number of hydrogen-bond donors (Lipinski definition) is 2. The molecule has 2 amide bonds. The van der Waals surface area contributed by atoms with Crippen LogP contribution in [0.25, 0.3) is 22.2 Å². The molecule has 0 saturated heterocycles. The van der Waals surface area contributed by atoms with Crippen LogP contribution in [0.5, 0.6) is 0 Å². The first kappa shape index (κ1) is 22.7. The molecule has 0 bridgehead atoms. The van der Waals surface area contributed by atoms with Gasteiger partial charge in [-0.25, -0.2) is 0 Å². The van der Waals surface area contributed by atoms with E-state index in [1.54, 1.807) is 11.9 Å². The van der Waals surface area contributed by atoms with Crippen molar-refractivity contribution in [2.45, 2.75) is 25.9 Å². The van der Waals surface area contributed by atoms with Gasteiger partial charge in [0.1, 0.15) is 11.9 Å². The minimum absolute atomic E-state index is 0.0759. The zero-order valence-corrected chi connectivity index (χ0v) is 20.8. The van der Waals surface area contributed by atoms with Gasteiger partial charge in [0.2, 0.25) is 5.82 Å². The summed E-state index contributed by atoms with van der Waals surface area (Å²) in [5, 5.41) is 16.4. The molecule has 0 spiro atoms. The summed E-state index contributed by atoms with van der Waals surface area (Å²) in [5.74, 6) is -0.0224. The van der Waals surface area contributed by atoms with Gasteiger partial charge in [-0.05, 0) is 24.1 Å². The van der Waals surface area contributed by atoms with Crippen LogP contribution in [0.2, 0.25) is 0 Å². The minimum atomic E-state index is -0.788. The first-order chi connectivity index (χ1) is 17.9. The number of para-hydroxylation sites is 1. The standard InChI is InChI=1S/C27H26N8O2/c1-16-13-28-34(3)23(16)19-14-35-15-20(27(37)33(2)21-11-7-10-18(19)24(21)35)29-26(36)25-30-22(31-32-25)12-17-8-5-4-6-9-17/h4-11,13-14,20H,12,15H2,1-3H3,(H,29,36)(H,30,31,32). The van der Waals surface area contributed by atoms with Crippen molar-refractivity contribution in [2.75, 3.05) is 11.9 Å². The minimum Gasteiger partial charge on any atom is -0.342 e. The number of carbonyl (C=O) groups is 2. The van der Waals surface area contributed by atoms with Crippen molar-refractivity contribution in [3.63, 3.8) is 0 Å². The normalized spacial score (nSPS) is 15.3. The maximum absolute atomic E-state index is 13.4. The smallest absolute Gasteiger partial charge is 0.289 e. The molecular formula is C27H26N8O2. The summed E-state index contributed by atoms with van der Waals surface area (Å²) < 4.78 is 3.90. The number of nitrogens with one attached hydrogen (secondary N) is 2. The molecule has 0 fully saturated rings. The number of likely N-dealkylation sites (N-methyl/N-ethyl adjacent to an activating group) is 1. The number of nitrogens with zero attached hydrogens (tertiary/aromatic N) is 6. The third-order valence-electron chi connectivity index (χ3n) is 6.89. The van der Waals surface area contributed by atoms with Crippen molar-refractivity contribution < 1.29 is 9.59 Å². The Morgan fingerprint density at radius 1 is 1.11 bits per heavy atom. The van der Waals surface area contributed by atoms with Gasteiger partial charge in [-0.3, -0.25) is 14.3 Å². The summed E-state index contributed by atoms with van der Waals surface area (Å²) in [6, 6.07) is 14.9. The Hall–Kier alpha value is -4.73. The number of anilines is 1. The predicted molar refractivity (Wildman–Crippen MR) is 139 cm³/mol. The lowest BCUT2D eigenvalue weighted by Gasteiger charge is -2.21. The summed E-state index contributed by atoms with van der Waals surface area (Å²) in [7, 11) is 3.66. The molecule has 1 aliphatic rings. The number of amides is 2. The number of H-pyrrole nitrogens is 1. The first-order valence-corrected chi connectivity index (χ1v) is 12.1. The van der Waals surface area contributed by atoms with Gasteiger partial charge in [-0.1, -0.05) is 42.5 Å². The summed E-state index contributed by atoms with van der Waals surface area (Å²) in [6.45, 7) is 2.31. The SMILES string of the molecule is Cc1cnn(C)c1-c1cn2c3c(cccc13)N(C)C(=O)C(NC(=O)c1nnc(Cc3ccccc3)[nH]1)C2. The van der Waals surface area contributed by atoms with Crippen LogP contribution in [-0.2, 0) is 24.8 Å². The highest BCUT2D eigenvalue weighted by Gasteiger charge is 2.32. The number of rotatable bonds is 5. The van der Waals surface area contributed by atoms with Crippen LogP contribution in [0, 0.1) is 6.92 Å². The van der Waals surface area contributed by atoms with Crippen molar-refractivity contribution in [1.82, 2.24) is 34.8 Å². The van der Waals surface area contributed by atoms with Gasteiger partial charge in [0.25, 0.3) is 11.8 Å². The van der Waals surface area contributed by atoms with E-state index in [0.717, 1.165) is 39.0 Å². The lowest BCUT2D eigenvalue weighted by atomic mass is 10.1. The van der Waals surface area contributed by atoms with E-state index in [1.165, 1.54) is 0 Å². The molecule has 6 rings (SSSR count). The van der Waals surface area contributed by atoms with E-state index in [2.05, 4.69) is 31.7 Å². The second-order valence-electron chi connectivity index (χ2n) is 9.37. The van der Waals surface area contributed by atoms with E-state index < -0.39 is 11.9 Å². The Morgan fingerprint density at radius 3 is 2.68 bits per heavy atom. The zero-order valence-electron chi connectivity index (χ0n) is 20.8. The number of benzene rings is 2. The molecule has 3 aromatic heterocycles. The van der Waals surface area contributed by atoms with E-state index >= 15 is 0 Å². The Labute approximate surface area is 212 Å². The lowest BCUT2D eigenvalue weighted by molar-refractivity contribution is -0.120. The Kier molecular flexibility index (Phi) is 5.36. The van der Waals surface area contributed by atoms with E-state index in [4.69, 9.17) is 0 Å². The monoisotopic (exact) mass is 494 g/mol. The van der Waals surface area contributed by atoms with Gasteiger partial charge >= 0.3 is 0 Å². The number of aromatic amines is 1. The molecule has 1 atom stereocenters. The molecule has 186 valence electrons. The molecule has 0 saturated carbocycles. The molecule has 0 radical (unpaired) electrons. The quantitative estimate of drug-likeness (QED) is 0.390. The van der Waals surface area contributed by atoms with Crippen LogP contribution in [0.15, 0.2) is 60.9 Å². The van der Waals surface area contributed by atoms with E-state index in [0.29, 0.717) is 12.2 Å². The molecule has 37 heavy (non-hydrogen) atoms. The number of carbonyl (C=O) groups excluding carboxylic acids is 2. The van der Waals surface area contributed by atoms with E-state index in [-0.39, 0.29) is 18.3 Å². The van der Waals surface area contributed by atoms with Crippen LogP contribution in [0.3, 0.4) is 0 Å². The summed E-state index contributed by atoms with van der Waals surface area (Å²) in [4.78, 5) is 31.1. The molecule has 4 heterocycles. The van der Waals surface area contributed by atoms with Crippen LogP contribution in [0.1, 0.15) is 27.6 Å². The Balaban J connectivity index is 1.31. The number of hydrogen-bond acceptors (Lipinski definition) is 5. The molecule has 2 aromatic carbocycles. The Morgan fingerprint density at radius 2 is 1.92 bits per heavy atom. The fourth-order valence-corrected chi connectivity index (χ4v) is 5.11. The van der Waals surface area contributed by atoms with Crippen molar-refractivity contribution >= 4 is 28.4 Å². The van der Waals surface area contributed by atoms with Crippen LogP contribution < -0.4 is 10.2 Å². The van der Waals surface area contributed by atoms with Crippen LogP contribution in [-0.4, -0.2) is 54.4 Å². The highest BCUT2D eigenvalue weighted by atomic mass is 16.2. The summed E-state index contributed by atoms with van der Waals surface area (Å²) >= 11 is 0. The molecule has 1 unspecified atom stereocenters. The van der Waals surface area contributed by atoms with E-state index in [1.807, 2.05) is 78.1 Å². The number of aromatic nitrogens is 6. The fourth-order valence-electron chi connectivity index (χ4n) is 5.11. The largest absolute Gasteiger partial charge is 0.342 e. The molecule has 2 N–H and O–H groups in total. The van der Waals surface area contributed by atoms with Gasteiger partial charge in [0, 0.05) is 37.7 Å². The highest BCUT2D eigenvalue weighted by molar-refractivity contribution is 6.10.